The number of aryl methyl sites for hydroxylation is 1. The number of ketones is 1. The van der Waals surface area contributed by atoms with Gasteiger partial charge in [0.15, 0.2) is 5.78 Å². The Morgan fingerprint density at radius 3 is 2.50 bits per heavy atom. The number of hydrogen-bond donors (Lipinski definition) is 0. The number of benzene rings is 2. The normalized spacial score (nSPS) is 23.1. The van der Waals surface area contributed by atoms with E-state index < -0.39 is 0 Å². The Labute approximate surface area is 186 Å². The molecule has 1 fully saturated rings. The molecule has 0 aromatic heterocycles. The molecular weight excluding hydrogens is 397 g/mol. The van der Waals surface area contributed by atoms with Crippen molar-refractivity contribution in [1.29, 1.82) is 0 Å². The highest BCUT2D eigenvalue weighted by molar-refractivity contribution is 5.95. The van der Waals surface area contributed by atoms with Gasteiger partial charge in [-0.25, -0.2) is 4.39 Å². The number of carbonyl (C=O) groups excluding carboxylic acids is 1. The minimum Gasteiger partial charge on any atom is -0.303 e. The Kier molecular flexibility index (Phi) is 7.70. The maximum absolute atomic E-state index is 13.0. The average molecular weight is 430 g/mol. The molecule has 0 unspecified atom stereocenters. The minimum absolute atomic E-state index is 0. The molecule has 0 saturated heterocycles. The van der Waals surface area contributed by atoms with E-state index in [9.17, 15) is 9.18 Å². The molecule has 162 valence electrons. The van der Waals surface area contributed by atoms with Crippen LogP contribution in [0.3, 0.4) is 0 Å². The molecule has 0 amide bonds. The SMILES string of the molecule is CN(CCCC(=O)c1ccc(F)cc1)C1CCC2(CCCc3ccccc32)CC1.Cl. The van der Waals surface area contributed by atoms with E-state index in [2.05, 4.69) is 36.2 Å². The zero-order valence-corrected chi connectivity index (χ0v) is 18.7. The predicted octanol–water partition coefficient (Wildman–Crippen LogP) is 6.36. The van der Waals surface area contributed by atoms with Gasteiger partial charge in [-0.3, -0.25) is 4.79 Å². The largest absolute Gasteiger partial charge is 0.303 e. The zero-order valence-electron chi connectivity index (χ0n) is 17.9. The van der Waals surface area contributed by atoms with Crippen LogP contribution in [0.15, 0.2) is 48.5 Å². The number of carbonyl (C=O) groups is 1. The van der Waals surface area contributed by atoms with Crippen molar-refractivity contribution in [3.8, 4) is 0 Å². The Hall–Kier alpha value is -1.71. The third-order valence-corrected chi connectivity index (χ3v) is 7.31. The first-order chi connectivity index (χ1) is 14.1. The minimum atomic E-state index is -0.294. The lowest BCUT2D eigenvalue weighted by Gasteiger charge is -2.46. The van der Waals surface area contributed by atoms with Crippen LogP contribution in [0.2, 0.25) is 0 Å². The van der Waals surface area contributed by atoms with Gasteiger partial charge in [0.05, 0.1) is 0 Å². The van der Waals surface area contributed by atoms with E-state index in [1.54, 1.807) is 23.3 Å². The average Bonchev–Trinajstić information content (AvgIpc) is 2.75. The lowest BCUT2D eigenvalue weighted by Crippen LogP contribution is -2.42. The fourth-order valence-corrected chi connectivity index (χ4v) is 5.57. The Morgan fingerprint density at radius 1 is 1.07 bits per heavy atom. The second kappa shape index (κ2) is 10.1. The van der Waals surface area contributed by atoms with Crippen LogP contribution in [0, 0.1) is 5.82 Å². The van der Waals surface area contributed by atoms with Crippen molar-refractivity contribution in [2.45, 2.75) is 69.2 Å². The summed E-state index contributed by atoms with van der Waals surface area (Å²) in [5.41, 5.74) is 4.22. The molecule has 4 rings (SSSR count). The molecule has 0 heterocycles. The molecule has 0 radical (unpaired) electrons. The van der Waals surface area contributed by atoms with Crippen LogP contribution in [0.4, 0.5) is 4.39 Å². The van der Waals surface area contributed by atoms with Crippen molar-refractivity contribution in [3.05, 3.63) is 71.0 Å². The lowest BCUT2D eigenvalue weighted by atomic mass is 9.61. The molecule has 0 aliphatic heterocycles. The van der Waals surface area contributed by atoms with Crippen molar-refractivity contribution in [1.82, 2.24) is 4.90 Å². The van der Waals surface area contributed by atoms with E-state index in [4.69, 9.17) is 0 Å². The van der Waals surface area contributed by atoms with Gasteiger partial charge in [0.2, 0.25) is 0 Å². The number of nitrogens with zero attached hydrogens (tertiary/aromatic N) is 1. The topological polar surface area (TPSA) is 20.3 Å². The summed E-state index contributed by atoms with van der Waals surface area (Å²) in [5.74, 6) is -0.184. The van der Waals surface area contributed by atoms with Crippen molar-refractivity contribution < 1.29 is 9.18 Å². The van der Waals surface area contributed by atoms with E-state index in [-0.39, 0.29) is 24.0 Å². The van der Waals surface area contributed by atoms with Crippen molar-refractivity contribution >= 4 is 18.2 Å². The highest BCUT2D eigenvalue weighted by atomic mass is 35.5. The Morgan fingerprint density at radius 2 is 1.77 bits per heavy atom. The van der Waals surface area contributed by atoms with Crippen LogP contribution in [0.25, 0.3) is 0 Å². The van der Waals surface area contributed by atoms with E-state index in [1.165, 1.54) is 57.1 Å². The quantitative estimate of drug-likeness (QED) is 0.498. The van der Waals surface area contributed by atoms with Crippen LogP contribution in [-0.2, 0) is 11.8 Å². The molecular formula is C26H33ClFNO. The van der Waals surface area contributed by atoms with Gasteiger partial charge in [-0.1, -0.05) is 24.3 Å². The van der Waals surface area contributed by atoms with Gasteiger partial charge >= 0.3 is 0 Å². The maximum atomic E-state index is 13.0. The van der Waals surface area contributed by atoms with Crippen LogP contribution in [0.5, 0.6) is 0 Å². The molecule has 2 nitrogen and oxygen atoms in total. The second-order valence-corrected chi connectivity index (χ2v) is 9.04. The van der Waals surface area contributed by atoms with Gasteiger partial charge in [0.25, 0.3) is 0 Å². The molecule has 2 aliphatic carbocycles. The Balaban J connectivity index is 0.00000256. The van der Waals surface area contributed by atoms with Gasteiger partial charge in [0, 0.05) is 18.0 Å². The third kappa shape index (κ3) is 4.95. The first-order valence-corrected chi connectivity index (χ1v) is 11.1. The van der Waals surface area contributed by atoms with E-state index in [1.807, 2.05) is 0 Å². The van der Waals surface area contributed by atoms with Crippen molar-refractivity contribution in [2.24, 2.45) is 0 Å². The molecule has 2 aliphatic rings. The molecule has 0 bridgehead atoms. The summed E-state index contributed by atoms with van der Waals surface area (Å²) in [4.78, 5) is 14.7. The highest BCUT2D eigenvalue weighted by Crippen LogP contribution is 2.47. The molecule has 1 spiro atoms. The van der Waals surface area contributed by atoms with Crippen molar-refractivity contribution in [2.75, 3.05) is 13.6 Å². The number of halogens is 2. The molecule has 2 aromatic rings. The summed E-state index contributed by atoms with van der Waals surface area (Å²) in [7, 11) is 2.21. The number of fused-ring (bicyclic) bond motifs is 2. The number of hydrogen-bond acceptors (Lipinski definition) is 2. The summed E-state index contributed by atoms with van der Waals surface area (Å²) in [6.07, 6.45) is 10.4. The zero-order chi connectivity index (χ0) is 20.3. The highest BCUT2D eigenvalue weighted by Gasteiger charge is 2.40. The number of Topliss-reactive ketones (excluding diaryl/α,β-unsaturated/α-hetero) is 1. The molecule has 0 atom stereocenters. The summed E-state index contributed by atoms with van der Waals surface area (Å²) in [6.45, 7) is 0.946. The first kappa shape index (κ1) is 23.0. The van der Waals surface area contributed by atoms with Crippen LogP contribution >= 0.6 is 12.4 Å². The van der Waals surface area contributed by atoms with Crippen LogP contribution in [0.1, 0.15) is 72.9 Å². The number of rotatable bonds is 6. The maximum Gasteiger partial charge on any atom is 0.162 e. The summed E-state index contributed by atoms with van der Waals surface area (Å²) < 4.78 is 13.0. The molecule has 0 N–H and O–H groups in total. The van der Waals surface area contributed by atoms with Gasteiger partial charge in [-0.05, 0) is 106 Å². The summed E-state index contributed by atoms with van der Waals surface area (Å²) in [5, 5.41) is 0. The molecule has 30 heavy (non-hydrogen) atoms. The second-order valence-electron chi connectivity index (χ2n) is 9.04. The Bertz CT molecular complexity index is 842. The van der Waals surface area contributed by atoms with Gasteiger partial charge in [0.1, 0.15) is 5.82 Å². The van der Waals surface area contributed by atoms with Gasteiger partial charge < -0.3 is 4.90 Å². The standard InChI is InChI=1S/C26H32FNO.ClH/c1-28(19-5-9-25(29)21-10-12-22(27)13-11-21)23-14-17-26(18-15-23)16-4-7-20-6-2-3-8-24(20)26;/h2-3,6,8,10-13,23H,4-5,7,9,14-19H2,1H3;1H. The van der Waals surface area contributed by atoms with Crippen LogP contribution in [-0.4, -0.2) is 30.3 Å². The smallest absolute Gasteiger partial charge is 0.162 e. The first-order valence-electron chi connectivity index (χ1n) is 11.1. The molecule has 1 saturated carbocycles. The fourth-order valence-electron chi connectivity index (χ4n) is 5.57. The lowest BCUT2D eigenvalue weighted by molar-refractivity contribution is 0.0965. The van der Waals surface area contributed by atoms with E-state index in [0.29, 0.717) is 23.4 Å². The van der Waals surface area contributed by atoms with E-state index in [0.717, 1.165) is 13.0 Å². The van der Waals surface area contributed by atoms with Gasteiger partial charge in [-0.2, -0.15) is 0 Å². The summed E-state index contributed by atoms with van der Waals surface area (Å²) in [6, 6.07) is 15.6. The van der Waals surface area contributed by atoms with Gasteiger partial charge in [-0.15, -0.1) is 12.4 Å². The molecule has 4 heteroatoms. The summed E-state index contributed by atoms with van der Waals surface area (Å²) >= 11 is 0. The monoisotopic (exact) mass is 429 g/mol. The predicted molar refractivity (Wildman–Crippen MR) is 123 cm³/mol. The van der Waals surface area contributed by atoms with E-state index >= 15 is 0 Å². The third-order valence-electron chi connectivity index (χ3n) is 7.31. The molecule has 2 aromatic carbocycles. The van der Waals surface area contributed by atoms with Crippen molar-refractivity contribution in [3.63, 3.8) is 0 Å². The van der Waals surface area contributed by atoms with Crippen LogP contribution < -0.4 is 0 Å². The fraction of sp³-hybridized carbons (Fsp3) is 0.500.